The molecule has 0 aromatic heterocycles. The lowest BCUT2D eigenvalue weighted by molar-refractivity contribution is -0.243. The molecule has 3 rings (SSSR count). The van der Waals surface area contributed by atoms with E-state index in [2.05, 4.69) is 37.2 Å². The minimum Gasteiger partial charge on any atom is -0.480 e. The van der Waals surface area contributed by atoms with Crippen LogP contribution in [0, 0.1) is 0 Å². The number of aliphatic hydroxyl groups excluding tert-OH is 1. The van der Waals surface area contributed by atoms with E-state index in [4.69, 9.17) is 9.47 Å². The fourth-order valence-corrected chi connectivity index (χ4v) is 4.14. The van der Waals surface area contributed by atoms with E-state index in [1.165, 1.54) is 0 Å². The van der Waals surface area contributed by atoms with Crippen LogP contribution in [0.5, 0.6) is 0 Å². The average molecular weight is 475 g/mol. The quantitative estimate of drug-likeness (QED) is 0.485. The Kier molecular flexibility index (Phi) is 5.38. The van der Waals surface area contributed by atoms with E-state index in [0.717, 1.165) is 30.2 Å². The summed E-state index contributed by atoms with van der Waals surface area (Å²) >= 11 is 6.64. The van der Waals surface area contributed by atoms with E-state index in [0.29, 0.717) is 23.0 Å². The van der Waals surface area contributed by atoms with Gasteiger partial charge in [0.1, 0.15) is 0 Å². The molecule has 0 saturated heterocycles. The number of aliphatic hydroxyl groups is 1. The normalized spacial score (nSPS) is 19.8. The fourth-order valence-electron chi connectivity index (χ4n) is 2.99. The zero-order chi connectivity index (χ0) is 18.0. The van der Waals surface area contributed by atoms with Crippen molar-refractivity contribution < 1.29 is 24.2 Å². The Labute approximate surface area is 161 Å². The Morgan fingerprint density at radius 1 is 1.12 bits per heavy atom. The molecule has 2 N–H and O–H groups in total. The monoisotopic (exact) mass is 473 g/mol. The first-order valence-corrected chi connectivity index (χ1v) is 9.61. The van der Waals surface area contributed by atoms with Crippen molar-refractivity contribution in [1.29, 1.82) is 0 Å². The fraction of sp³-hybridized carbons (Fsp3) is 0.412. The Bertz CT molecular complexity index is 739. The number of nitrogens with one attached hydrogen (secondary N) is 1. The molecule has 0 atom stereocenters. The van der Waals surface area contributed by atoms with E-state index in [9.17, 15) is 14.7 Å². The Balaban J connectivity index is 1.81. The van der Waals surface area contributed by atoms with Gasteiger partial charge in [0.25, 0.3) is 11.7 Å². The number of carbonyl (C=O) groups is 2. The van der Waals surface area contributed by atoms with Gasteiger partial charge in [0, 0.05) is 21.8 Å². The van der Waals surface area contributed by atoms with Crippen LogP contribution >= 0.6 is 31.9 Å². The number of amides is 1. The van der Waals surface area contributed by atoms with Crippen molar-refractivity contribution in [2.45, 2.75) is 44.3 Å². The summed E-state index contributed by atoms with van der Waals surface area (Å²) in [4.78, 5) is 24.8. The molecule has 1 aliphatic heterocycles. The maximum absolute atomic E-state index is 12.4. The molecule has 1 fully saturated rings. The lowest BCUT2D eigenvalue weighted by Crippen LogP contribution is -2.44. The van der Waals surface area contributed by atoms with Crippen molar-refractivity contribution in [3.05, 3.63) is 38.7 Å². The standard InChI is InChI=1S/C17H17Br2NO5/c18-10-5-6-12(11(19)9-10)20-14(21)13-15(22)24-17(25-16(13)23)7-3-1-2-4-8-17/h5-6,9,22H,1-4,7-8H2,(H,20,21). The van der Waals surface area contributed by atoms with Crippen LogP contribution in [0.1, 0.15) is 38.5 Å². The number of hydrogen-bond acceptors (Lipinski definition) is 5. The van der Waals surface area contributed by atoms with Crippen LogP contribution in [0.25, 0.3) is 0 Å². The highest BCUT2D eigenvalue weighted by Crippen LogP contribution is 2.37. The lowest BCUT2D eigenvalue weighted by atomic mass is 10.1. The first-order chi connectivity index (χ1) is 11.9. The molecule has 1 spiro atoms. The second kappa shape index (κ2) is 7.37. The number of halogens is 2. The van der Waals surface area contributed by atoms with E-state index in [1.807, 2.05) is 0 Å². The summed E-state index contributed by atoms with van der Waals surface area (Å²) in [6.07, 6.45) is 4.75. The summed E-state index contributed by atoms with van der Waals surface area (Å²) in [5.74, 6) is -3.48. The summed E-state index contributed by atoms with van der Waals surface area (Å²) in [5, 5.41) is 12.8. The Morgan fingerprint density at radius 3 is 2.40 bits per heavy atom. The second-order valence-electron chi connectivity index (χ2n) is 6.07. The topological polar surface area (TPSA) is 84.9 Å². The Morgan fingerprint density at radius 2 is 1.80 bits per heavy atom. The van der Waals surface area contributed by atoms with E-state index in [1.54, 1.807) is 18.2 Å². The first kappa shape index (κ1) is 18.3. The molecular formula is C17H17Br2NO5. The van der Waals surface area contributed by atoms with Gasteiger partial charge in [0.05, 0.1) is 5.69 Å². The molecule has 0 bridgehead atoms. The highest BCUT2D eigenvalue weighted by molar-refractivity contribution is 9.11. The number of esters is 1. The predicted molar refractivity (Wildman–Crippen MR) is 97.7 cm³/mol. The van der Waals surface area contributed by atoms with Crippen LogP contribution in [-0.2, 0) is 19.1 Å². The van der Waals surface area contributed by atoms with Gasteiger partial charge in [-0.3, -0.25) is 4.79 Å². The van der Waals surface area contributed by atoms with Crippen molar-refractivity contribution in [2.75, 3.05) is 5.32 Å². The third-order valence-electron chi connectivity index (χ3n) is 4.25. The van der Waals surface area contributed by atoms with Gasteiger partial charge < -0.3 is 19.9 Å². The Hall–Kier alpha value is -1.54. The molecule has 0 radical (unpaired) electrons. The maximum Gasteiger partial charge on any atom is 0.354 e. The molecule has 6 nitrogen and oxygen atoms in total. The smallest absolute Gasteiger partial charge is 0.354 e. The molecule has 1 saturated carbocycles. The van der Waals surface area contributed by atoms with Crippen molar-refractivity contribution in [3.8, 4) is 0 Å². The van der Waals surface area contributed by atoms with Gasteiger partial charge in [-0.15, -0.1) is 0 Å². The molecule has 1 amide bonds. The summed E-state index contributed by atoms with van der Waals surface area (Å²) in [6.45, 7) is 0. The number of benzene rings is 1. The molecule has 2 aliphatic rings. The van der Waals surface area contributed by atoms with Gasteiger partial charge in [-0.1, -0.05) is 28.8 Å². The molecule has 1 aromatic carbocycles. The zero-order valence-corrected chi connectivity index (χ0v) is 16.5. The molecule has 8 heteroatoms. The second-order valence-corrected chi connectivity index (χ2v) is 7.84. The summed E-state index contributed by atoms with van der Waals surface area (Å²) < 4.78 is 12.4. The number of anilines is 1. The van der Waals surface area contributed by atoms with E-state index in [-0.39, 0.29) is 0 Å². The SMILES string of the molecule is O=C(Nc1ccc(Br)cc1Br)C1=C(O)OC2(CCCCCC2)OC1=O. The van der Waals surface area contributed by atoms with E-state index < -0.39 is 29.2 Å². The summed E-state index contributed by atoms with van der Waals surface area (Å²) in [5.41, 5.74) is -0.0688. The minimum absolute atomic E-state index is 0.455. The van der Waals surface area contributed by atoms with Crippen molar-refractivity contribution in [3.63, 3.8) is 0 Å². The van der Waals surface area contributed by atoms with Crippen LogP contribution in [0.2, 0.25) is 0 Å². The molecule has 25 heavy (non-hydrogen) atoms. The molecule has 0 unspecified atom stereocenters. The third kappa shape index (κ3) is 4.00. The molecular weight excluding hydrogens is 458 g/mol. The lowest BCUT2D eigenvalue weighted by Gasteiger charge is -2.35. The largest absolute Gasteiger partial charge is 0.480 e. The van der Waals surface area contributed by atoms with Gasteiger partial charge >= 0.3 is 11.9 Å². The number of ether oxygens (including phenoxy) is 2. The van der Waals surface area contributed by atoms with Crippen LogP contribution in [0.15, 0.2) is 38.7 Å². The molecule has 134 valence electrons. The maximum atomic E-state index is 12.4. The van der Waals surface area contributed by atoms with E-state index >= 15 is 0 Å². The molecule has 1 heterocycles. The highest BCUT2D eigenvalue weighted by atomic mass is 79.9. The van der Waals surface area contributed by atoms with Crippen LogP contribution < -0.4 is 5.32 Å². The molecule has 1 aromatic rings. The molecule has 1 aliphatic carbocycles. The number of hydrogen-bond donors (Lipinski definition) is 2. The van der Waals surface area contributed by atoms with Crippen LogP contribution in [0.3, 0.4) is 0 Å². The minimum atomic E-state index is -1.15. The predicted octanol–water partition coefficient (Wildman–Crippen LogP) is 4.54. The van der Waals surface area contributed by atoms with Crippen molar-refractivity contribution in [1.82, 2.24) is 0 Å². The number of carbonyl (C=O) groups excluding carboxylic acids is 2. The van der Waals surface area contributed by atoms with Gasteiger partial charge in [-0.2, -0.15) is 0 Å². The van der Waals surface area contributed by atoms with Gasteiger partial charge in [-0.05, 0) is 47.0 Å². The van der Waals surface area contributed by atoms with Crippen molar-refractivity contribution >= 4 is 49.4 Å². The van der Waals surface area contributed by atoms with Gasteiger partial charge in [0.2, 0.25) is 5.57 Å². The average Bonchev–Trinajstić information content (AvgIpc) is 2.74. The third-order valence-corrected chi connectivity index (χ3v) is 5.40. The van der Waals surface area contributed by atoms with Crippen LogP contribution in [0.4, 0.5) is 5.69 Å². The van der Waals surface area contributed by atoms with Crippen LogP contribution in [-0.4, -0.2) is 22.8 Å². The summed E-state index contributed by atoms with van der Waals surface area (Å²) in [7, 11) is 0. The van der Waals surface area contributed by atoms with Gasteiger partial charge in [-0.25, -0.2) is 4.79 Å². The first-order valence-electron chi connectivity index (χ1n) is 8.02. The zero-order valence-electron chi connectivity index (χ0n) is 13.3. The highest BCUT2D eigenvalue weighted by Gasteiger charge is 2.46. The van der Waals surface area contributed by atoms with Crippen molar-refractivity contribution in [2.24, 2.45) is 0 Å². The van der Waals surface area contributed by atoms with Gasteiger partial charge in [0.15, 0.2) is 0 Å². The summed E-state index contributed by atoms with van der Waals surface area (Å²) in [6, 6.07) is 5.15. The number of rotatable bonds is 2.